The normalized spacial score (nSPS) is 24.5. The van der Waals surface area contributed by atoms with E-state index in [4.69, 9.17) is 0 Å². The molecule has 1 atom stereocenters. The largest absolute Gasteiger partial charge is 0.393 e. The summed E-state index contributed by atoms with van der Waals surface area (Å²) in [6.07, 6.45) is 1.09. The molecule has 2 aliphatic heterocycles. The highest BCUT2D eigenvalue weighted by Gasteiger charge is 2.37. The lowest BCUT2D eigenvalue weighted by atomic mass is 9.86. The molecule has 0 aliphatic carbocycles. The zero-order chi connectivity index (χ0) is 16.1. The number of anilines is 1. The zero-order valence-electron chi connectivity index (χ0n) is 13.3. The Balaban J connectivity index is 2.03. The molecular weight excluding hydrogens is 280 g/mol. The smallest absolute Gasteiger partial charge is 0.263 e. The van der Waals surface area contributed by atoms with E-state index in [1.165, 1.54) is 11.9 Å². The fourth-order valence-corrected chi connectivity index (χ4v) is 3.56. The fourth-order valence-electron chi connectivity index (χ4n) is 3.56. The molecule has 118 valence electrons. The van der Waals surface area contributed by atoms with Crippen LogP contribution in [0.1, 0.15) is 47.4 Å². The lowest BCUT2D eigenvalue weighted by molar-refractivity contribution is 0.0693. The van der Waals surface area contributed by atoms with Crippen molar-refractivity contribution >= 4 is 17.5 Å². The third kappa shape index (κ3) is 2.39. The Morgan fingerprint density at radius 2 is 1.95 bits per heavy atom. The maximum absolute atomic E-state index is 12.4. The average Bonchev–Trinajstić information content (AvgIpc) is 2.60. The Morgan fingerprint density at radius 3 is 2.68 bits per heavy atom. The number of benzene rings is 1. The summed E-state index contributed by atoms with van der Waals surface area (Å²) in [5, 5.41) is 10.1. The van der Waals surface area contributed by atoms with Crippen LogP contribution < -0.4 is 4.90 Å². The van der Waals surface area contributed by atoms with Crippen molar-refractivity contribution in [2.75, 3.05) is 25.0 Å². The molecule has 2 heterocycles. The number of nitrogens with zero attached hydrogens (tertiary/aromatic N) is 2. The predicted octanol–water partition coefficient (Wildman–Crippen LogP) is 1.90. The number of aliphatic hydroxyl groups is 1. The van der Waals surface area contributed by atoms with E-state index in [0.29, 0.717) is 24.1 Å². The molecule has 1 aromatic carbocycles. The van der Waals surface area contributed by atoms with Crippen molar-refractivity contribution in [1.82, 2.24) is 4.90 Å². The van der Waals surface area contributed by atoms with Crippen molar-refractivity contribution in [2.24, 2.45) is 5.41 Å². The molecule has 0 radical (unpaired) electrons. The van der Waals surface area contributed by atoms with E-state index in [-0.39, 0.29) is 23.3 Å². The minimum Gasteiger partial charge on any atom is -0.393 e. The topological polar surface area (TPSA) is 60.9 Å². The van der Waals surface area contributed by atoms with Gasteiger partial charge in [0.15, 0.2) is 0 Å². The van der Waals surface area contributed by atoms with Crippen molar-refractivity contribution in [3.05, 3.63) is 29.3 Å². The summed E-state index contributed by atoms with van der Waals surface area (Å²) in [6.45, 7) is 5.69. The highest BCUT2D eigenvalue weighted by molar-refractivity contribution is 6.23. The maximum atomic E-state index is 12.4. The minimum absolute atomic E-state index is 0.0454. The molecule has 3 rings (SSSR count). The van der Waals surface area contributed by atoms with E-state index in [2.05, 4.69) is 18.7 Å². The van der Waals surface area contributed by atoms with Gasteiger partial charge >= 0.3 is 0 Å². The van der Waals surface area contributed by atoms with E-state index < -0.39 is 0 Å². The van der Waals surface area contributed by atoms with Crippen molar-refractivity contribution in [3.8, 4) is 0 Å². The average molecular weight is 302 g/mol. The number of hydrogen-bond acceptors (Lipinski definition) is 4. The second-order valence-corrected chi connectivity index (χ2v) is 7.10. The number of carbonyl (C=O) groups excluding carboxylic acids is 2. The van der Waals surface area contributed by atoms with E-state index >= 15 is 0 Å². The molecule has 1 aromatic rings. The van der Waals surface area contributed by atoms with Crippen molar-refractivity contribution < 1.29 is 14.7 Å². The SMILES string of the molecule is CN1C(=O)c2cccc(N3CCC(O)CC(C)(C)C3)c2C1=O. The van der Waals surface area contributed by atoms with Gasteiger partial charge in [-0.3, -0.25) is 14.5 Å². The van der Waals surface area contributed by atoms with Gasteiger partial charge in [-0.05, 0) is 30.4 Å². The van der Waals surface area contributed by atoms with Gasteiger partial charge < -0.3 is 10.0 Å². The van der Waals surface area contributed by atoms with Gasteiger partial charge in [0.25, 0.3) is 11.8 Å². The van der Waals surface area contributed by atoms with Crippen LogP contribution in [0.2, 0.25) is 0 Å². The third-order valence-corrected chi connectivity index (χ3v) is 4.58. The van der Waals surface area contributed by atoms with Crippen molar-refractivity contribution in [3.63, 3.8) is 0 Å². The molecule has 2 aliphatic rings. The minimum atomic E-state index is -0.322. The number of aliphatic hydroxyl groups excluding tert-OH is 1. The lowest BCUT2D eigenvalue weighted by Crippen LogP contribution is -2.34. The number of hydrogen-bond donors (Lipinski definition) is 1. The van der Waals surface area contributed by atoms with Crippen LogP contribution in [0.5, 0.6) is 0 Å². The second kappa shape index (κ2) is 5.09. The Morgan fingerprint density at radius 1 is 1.23 bits per heavy atom. The molecule has 0 spiro atoms. The van der Waals surface area contributed by atoms with E-state index in [9.17, 15) is 14.7 Å². The van der Waals surface area contributed by atoms with Gasteiger partial charge in [0.05, 0.1) is 22.9 Å². The molecule has 1 unspecified atom stereocenters. The Kier molecular flexibility index (Phi) is 3.48. The van der Waals surface area contributed by atoms with Crippen LogP contribution in [0.25, 0.3) is 0 Å². The van der Waals surface area contributed by atoms with Gasteiger partial charge in [-0.25, -0.2) is 0 Å². The number of rotatable bonds is 1. The molecule has 0 aromatic heterocycles. The number of carbonyl (C=O) groups is 2. The molecule has 1 fully saturated rings. The number of imide groups is 1. The summed E-state index contributed by atoms with van der Waals surface area (Å²) in [6, 6.07) is 5.43. The van der Waals surface area contributed by atoms with Gasteiger partial charge in [0.1, 0.15) is 0 Å². The van der Waals surface area contributed by atoms with Crippen LogP contribution in [-0.4, -0.2) is 48.1 Å². The summed E-state index contributed by atoms with van der Waals surface area (Å²) < 4.78 is 0. The maximum Gasteiger partial charge on any atom is 0.263 e. The number of fused-ring (bicyclic) bond motifs is 1. The molecule has 22 heavy (non-hydrogen) atoms. The summed E-state index contributed by atoms with van der Waals surface area (Å²) in [5.74, 6) is -0.478. The quantitative estimate of drug-likeness (QED) is 0.805. The van der Waals surface area contributed by atoms with Crippen LogP contribution in [0, 0.1) is 5.41 Å². The first-order valence-corrected chi connectivity index (χ1v) is 7.68. The summed E-state index contributed by atoms with van der Waals surface area (Å²) in [4.78, 5) is 27.9. The molecule has 2 amide bonds. The van der Waals surface area contributed by atoms with Crippen molar-refractivity contribution in [1.29, 1.82) is 0 Å². The predicted molar refractivity (Wildman–Crippen MR) is 84.1 cm³/mol. The van der Waals surface area contributed by atoms with Gasteiger partial charge in [-0.2, -0.15) is 0 Å². The number of amides is 2. The van der Waals surface area contributed by atoms with Gasteiger partial charge in [0.2, 0.25) is 0 Å². The van der Waals surface area contributed by atoms with E-state index in [0.717, 1.165) is 18.7 Å². The highest BCUT2D eigenvalue weighted by Crippen LogP contribution is 2.36. The zero-order valence-corrected chi connectivity index (χ0v) is 13.3. The first-order chi connectivity index (χ1) is 10.3. The summed E-state index contributed by atoms with van der Waals surface area (Å²) >= 11 is 0. The molecule has 1 saturated heterocycles. The van der Waals surface area contributed by atoms with Crippen LogP contribution in [-0.2, 0) is 0 Å². The molecule has 1 N–H and O–H groups in total. The first kappa shape index (κ1) is 15.0. The molecule has 5 nitrogen and oxygen atoms in total. The molecule has 0 bridgehead atoms. The third-order valence-electron chi connectivity index (χ3n) is 4.58. The van der Waals surface area contributed by atoms with Gasteiger partial charge in [-0.15, -0.1) is 0 Å². The Bertz CT molecular complexity index is 639. The fraction of sp³-hybridized carbons (Fsp3) is 0.529. The van der Waals surface area contributed by atoms with E-state index in [1.54, 1.807) is 6.07 Å². The molecule has 5 heteroatoms. The standard InChI is InChI=1S/C17H22N2O3/c1-17(2)9-11(20)7-8-19(10-17)13-6-4-5-12-14(13)16(22)18(3)15(12)21/h4-6,11,20H,7-10H2,1-3H3. The summed E-state index contributed by atoms with van der Waals surface area (Å²) in [7, 11) is 1.52. The molecular formula is C17H22N2O3. The van der Waals surface area contributed by atoms with Gasteiger partial charge in [0, 0.05) is 20.1 Å². The highest BCUT2D eigenvalue weighted by atomic mass is 16.3. The first-order valence-electron chi connectivity index (χ1n) is 7.68. The lowest BCUT2D eigenvalue weighted by Gasteiger charge is -2.32. The van der Waals surface area contributed by atoms with Crippen LogP contribution >= 0.6 is 0 Å². The molecule has 0 saturated carbocycles. The van der Waals surface area contributed by atoms with Crippen molar-refractivity contribution in [2.45, 2.75) is 32.8 Å². The van der Waals surface area contributed by atoms with E-state index in [1.807, 2.05) is 12.1 Å². The monoisotopic (exact) mass is 302 g/mol. The second-order valence-electron chi connectivity index (χ2n) is 7.10. The van der Waals surface area contributed by atoms with Crippen LogP contribution in [0.4, 0.5) is 5.69 Å². The van der Waals surface area contributed by atoms with Crippen LogP contribution in [0.3, 0.4) is 0 Å². The Labute approximate surface area is 130 Å². The summed E-state index contributed by atoms with van der Waals surface area (Å²) in [5.41, 5.74) is 1.74. The van der Waals surface area contributed by atoms with Gasteiger partial charge in [-0.1, -0.05) is 19.9 Å². The Hall–Kier alpha value is -1.88. The van der Waals surface area contributed by atoms with Crippen LogP contribution in [0.15, 0.2) is 18.2 Å².